The van der Waals surface area contributed by atoms with Crippen LogP contribution in [0, 0.1) is 0 Å². The summed E-state index contributed by atoms with van der Waals surface area (Å²) in [6.07, 6.45) is 8.68. The van der Waals surface area contributed by atoms with Crippen molar-refractivity contribution in [3.8, 4) is 5.88 Å². The molecule has 0 N–H and O–H groups in total. The van der Waals surface area contributed by atoms with Gasteiger partial charge in [0.05, 0.1) is 5.39 Å². The second-order valence-electron chi connectivity index (χ2n) is 9.58. The molecule has 0 saturated heterocycles. The van der Waals surface area contributed by atoms with Crippen molar-refractivity contribution in [3.63, 3.8) is 0 Å². The zero-order valence-electron chi connectivity index (χ0n) is 18.7. The van der Waals surface area contributed by atoms with Gasteiger partial charge in [0.25, 0.3) is 0 Å². The Bertz CT molecular complexity index is 912. The molecule has 2 aliphatic carbocycles. The van der Waals surface area contributed by atoms with Crippen molar-refractivity contribution < 1.29 is 14.3 Å². The Morgan fingerprint density at radius 3 is 2.60 bits per heavy atom. The monoisotopic (exact) mass is 431 g/mol. The highest BCUT2D eigenvalue weighted by Gasteiger charge is 2.32. The molecule has 0 aliphatic heterocycles. The molecule has 1 saturated carbocycles. The summed E-state index contributed by atoms with van der Waals surface area (Å²) < 4.78 is 12.0. The van der Waals surface area contributed by atoms with E-state index in [4.69, 9.17) is 9.47 Å². The summed E-state index contributed by atoms with van der Waals surface area (Å²) in [4.78, 5) is 25.7. The van der Waals surface area contributed by atoms with Crippen molar-refractivity contribution in [1.29, 1.82) is 0 Å². The molecule has 1 fully saturated rings. The van der Waals surface area contributed by atoms with Gasteiger partial charge in [0.1, 0.15) is 22.9 Å². The molecule has 30 heavy (non-hydrogen) atoms. The standard InChI is InChI=1S/C23H33N3O3S/c1-6-14-7-12-17-18(14)19-20(24-13-25-21(19)30-17)28-16-10-8-15(9-11-16)26(5)22(27)29-23(2,3)4/h13-16H,6-12H2,1-5H3/t14-,15-,16-/m0/s1. The first kappa shape index (κ1) is 21.3. The zero-order valence-corrected chi connectivity index (χ0v) is 19.6. The number of amides is 1. The minimum Gasteiger partial charge on any atom is -0.474 e. The van der Waals surface area contributed by atoms with Crippen molar-refractivity contribution in [2.75, 3.05) is 7.05 Å². The Kier molecular flexibility index (Phi) is 5.93. The molecular weight excluding hydrogens is 398 g/mol. The summed E-state index contributed by atoms with van der Waals surface area (Å²) in [6.45, 7) is 7.96. The van der Waals surface area contributed by atoms with Crippen molar-refractivity contribution in [2.24, 2.45) is 0 Å². The molecule has 2 aliphatic rings. The predicted octanol–water partition coefficient (Wildman–Crippen LogP) is 5.69. The summed E-state index contributed by atoms with van der Waals surface area (Å²) in [5.74, 6) is 1.35. The molecule has 7 heteroatoms. The normalized spacial score (nSPS) is 24.0. The molecule has 0 aromatic carbocycles. The fourth-order valence-electron chi connectivity index (χ4n) is 4.73. The maximum atomic E-state index is 12.4. The van der Waals surface area contributed by atoms with E-state index >= 15 is 0 Å². The maximum Gasteiger partial charge on any atom is 0.410 e. The minimum atomic E-state index is -0.471. The lowest BCUT2D eigenvalue weighted by Crippen LogP contribution is -2.43. The molecule has 2 heterocycles. The smallest absolute Gasteiger partial charge is 0.410 e. The van der Waals surface area contributed by atoms with Crippen LogP contribution in [0.15, 0.2) is 6.33 Å². The van der Waals surface area contributed by atoms with E-state index in [1.54, 1.807) is 22.6 Å². The van der Waals surface area contributed by atoms with Gasteiger partial charge in [-0.05, 0) is 77.2 Å². The van der Waals surface area contributed by atoms with E-state index in [1.165, 1.54) is 16.9 Å². The van der Waals surface area contributed by atoms with Crippen LogP contribution in [0.25, 0.3) is 10.2 Å². The quantitative estimate of drug-likeness (QED) is 0.622. The molecular formula is C23H33N3O3S. The summed E-state index contributed by atoms with van der Waals surface area (Å²) in [6, 6.07) is 0.194. The van der Waals surface area contributed by atoms with Gasteiger partial charge in [0, 0.05) is 18.0 Å². The molecule has 0 radical (unpaired) electrons. The van der Waals surface area contributed by atoms with E-state index < -0.39 is 5.60 Å². The van der Waals surface area contributed by atoms with Crippen molar-refractivity contribution in [1.82, 2.24) is 14.9 Å². The van der Waals surface area contributed by atoms with E-state index in [0.29, 0.717) is 5.92 Å². The Morgan fingerprint density at radius 2 is 1.93 bits per heavy atom. The lowest BCUT2D eigenvalue weighted by Gasteiger charge is -2.35. The van der Waals surface area contributed by atoms with Crippen LogP contribution in [0.1, 0.15) is 82.6 Å². The van der Waals surface area contributed by atoms with E-state index in [-0.39, 0.29) is 18.2 Å². The van der Waals surface area contributed by atoms with Crippen LogP contribution in [-0.2, 0) is 11.2 Å². The molecule has 0 bridgehead atoms. The topological polar surface area (TPSA) is 64.6 Å². The van der Waals surface area contributed by atoms with E-state index in [9.17, 15) is 4.79 Å². The van der Waals surface area contributed by atoms with Crippen LogP contribution in [0.2, 0.25) is 0 Å². The van der Waals surface area contributed by atoms with Crippen LogP contribution in [0.4, 0.5) is 4.79 Å². The molecule has 4 rings (SSSR count). The van der Waals surface area contributed by atoms with Crippen LogP contribution in [0.5, 0.6) is 5.88 Å². The number of carbonyl (C=O) groups excluding carboxylic acids is 1. The van der Waals surface area contributed by atoms with Crippen molar-refractivity contribution >= 4 is 27.6 Å². The fraction of sp³-hybridized carbons (Fsp3) is 0.696. The first-order valence-electron chi connectivity index (χ1n) is 11.2. The zero-order chi connectivity index (χ0) is 21.5. The van der Waals surface area contributed by atoms with Crippen molar-refractivity contribution in [3.05, 3.63) is 16.8 Å². The molecule has 1 atom stereocenters. The fourth-order valence-corrected chi connectivity index (χ4v) is 5.96. The van der Waals surface area contributed by atoms with Crippen LogP contribution < -0.4 is 4.74 Å². The van der Waals surface area contributed by atoms with Gasteiger partial charge >= 0.3 is 6.09 Å². The third-order valence-electron chi connectivity index (χ3n) is 6.34. The first-order valence-corrected chi connectivity index (χ1v) is 12.0. The Labute approximate surface area is 183 Å². The van der Waals surface area contributed by atoms with Gasteiger partial charge in [-0.2, -0.15) is 0 Å². The first-order chi connectivity index (χ1) is 14.3. The van der Waals surface area contributed by atoms with Gasteiger partial charge in [-0.25, -0.2) is 14.8 Å². The molecule has 0 spiro atoms. The van der Waals surface area contributed by atoms with E-state index in [1.807, 2.05) is 27.8 Å². The Hall–Kier alpha value is -1.89. The SMILES string of the molecule is CC[C@H]1CCc2sc3ncnc(O[C@H]4CC[C@H](N(C)C(=O)OC(C)(C)C)CC4)c3c21. The Morgan fingerprint density at radius 1 is 1.20 bits per heavy atom. The number of fused-ring (bicyclic) bond motifs is 3. The molecule has 2 aromatic heterocycles. The number of thiophene rings is 1. The highest BCUT2D eigenvalue weighted by molar-refractivity contribution is 7.19. The van der Waals surface area contributed by atoms with Gasteiger partial charge in [0.2, 0.25) is 5.88 Å². The molecule has 6 nitrogen and oxygen atoms in total. The van der Waals surface area contributed by atoms with Gasteiger partial charge in [-0.15, -0.1) is 11.3 Å². The summed E-state index contributed by atoms with van der Waals surface area (Å²) in [5.41, 5.74) is 0.965. The number of hydrogen-bond donors (Lipinski definition) is 0. The number of ether oxygens (including phenoxy) is 2. The van der Waals surface area contributed by atoms with E-state index in [2.05, 4.69) is 16.9 Å². The second kappa shape index (κ2) is 8.33. The second-order valence-corrected chi connectivity index (χ2v) is 10.7. The maximum absolute atomic E-state index is 12.4. The number of hydrogen-bond acceptors (Lipinski definition) is 6. The third kappa shape index (κ3) is 4.27. The van der Waals surface area contributed by atoms with Crippen LogP contribution >= 0.6 is 11.3 Å². The average molecular weight is 432 g/mol. The number of aromatic nitrogens is 2. The Balaban J connectivity index is 1.43. The highest BCUT2D eigenvalue weighted by atomic mass is 32.1. The van der Waals surface area contributed by atoms with E-state index in [0.717, 1.165) is 54.6 Å². The lowest BCUT2D eigenvalue weighted by atomic mass is 9.92. The van der Waals surface area contributed by atoms with Gasteiger partial charge in [-0.1, -0.05) is 6.92 Å². The number of carbonyl (C=O) groups is 1. The van der Waals surface area contributed by atoms with Crippen LogP contribution in [0.3, 0.4) is 0 Å². The number of nitrogens with zero attached hydrogens (tertiary/aromatic N) is 3. The van der Waals surface area contributed by atoms with Gasteiger partial charge < -0.3 is 14.4 Å². The van der Waals surface area contributed by atoms with Crippen LogP contribution in [-0.4, -0.2) is 45.8 Å². The van der Waals surface area contributed by atoms with Gasteiger partial charge in [-0.3, -0.25) is 0 Å². The summed E-state index contributed by atoms with van der Waals surface area (Å²) >= 11 is 1.80. The molecule has 1 amide bonds. The minimum absolute atomic E-state index is 0.128. The molecule has 2 aromatic rings. The average Bonchev–Trinajstić information content (AvgIpc) is 3.26. The third-order valence-corrected chi connectivity index (χ3v) is 7.51. The lowest BCUT2D eigenvalue weighted by molar-refractivity contribution is 0.0138. The highest BCUT2D eigenvalue weighted by Crippen LogP contribution is 2.47. The molecule has 0 unspecified atom stereocenters. The predicted molar refractivity (Wildman–Crippen MR) is 119 cm³/mol. The molecule has 164 valence electrons. The summed E-state index contributed by atoms with van der Waals surface area (Å²) in [7, 11) is 1.84. The van der Waals surface area contributed by atoms with Gasteiger partial charge in [0.15, 0.2) is 0 Å². The number of aryl methyl sites for hydroxylation is 1. The number of rotatable bonds is 4. The largest absolute Gasteiger partial charge is 0.474 e. The van der Waals surface area contributed by atoms with Crippen molar-refractivity contribution in [2.45, 2.75) is 96.3 Å². The summed E-state index contributed by atoms with van der Waals surface area (Å²) in [5, 5.41) is 1.15.